The van der Waals surface area contributed by atoms with Crippen LogP contribution < -0.4 is 10.9 Å². The topological polar surface area (TPSA) is 116 Å². The summed E-state index contributed by atoms with van der Waals surface area (Å²) in [6.45, 7) is 5.74. The Morgan fingerprint density at radius 1 is 1.07 bits per heavy atom. The third-order valence-corrected chi connectivity index (χ3v) is 8.82. The van der Waals surface area contributed by atoms with Crippen molar-refractivity contribution in [2.45, 2.75) is 102 Å². The highest BCUT2D eigenvalue weighted by molar-refractivity contribution is 5.91. The molecule has 40 heavy (non-hydrogen) atoms. The molecule has 2 aromatic heterocycles. The lowest BCUT2D eigenvalue weighted by atomic mass is 9.85. The summed E-state index contributed by atoms with van der Waals surface area (Å²) in [6.07, 6.45) is 9.22. The number of nitrogens with zero attached hydrogens (tertiary/aromatic N) is 4. The van der Waals surface area contributed by atoms with Crippen LogP contribution in [0.25, 0.3) is 10.9 Å². The lowest BCUT2D eigenvalue weighted by molar-refractivity contribution is 0.00584. The number of amides is 1. The van der Waals surface area contributed by atoms with E-state index >= 15 is 0 Å². The Labute approximate surface area is 234 Å². The molecule has 3 aliphatic rings. The van der Waals surface area contributed by atoms with Gasteiger partial charge in [-0.1, -0.05) is 25.0 Å². The molecule has 0 radical (unpaired) electrons. The Morgan fingerprint density at radius 2 is 1.77 bits per heavy atom. The van der Waals surface area contributed by atoms with Crippen molar-refractivity contribution in [3.63, 3.8) is 0 Å². The third kappa shape index (κ3) is 4.96. The van der Waals surface area contributed by atoms with E-state index in [1.54, 1.807) is 6.20 Å². The van der Waals surface area contributed by atoms with Crippen LogP contribution in [0.3, 0.4) is 0 Å². The SMILES string of the molecule is CC(C)(C)OC(=O)N1C2CCC1CC(c1ccc(Nc3nn([C@H]4CCCC[C@@H]4C#N)c4cc[nH]c(=O)c34)cc1)C2. The summed E-state index contributed by atoms with van der Waals surface area (Å²) in [5.41, 5.74) is 2.18. The van der Waals surface area contributed by atoms with Gasteiger partial charge in [0.05, 0.1) is 23.5 Å². The second-order valence-electron chi connectivity index (χ2n) is 12.6. The van der Waals surface area contributed by atoms with Crippen LogP contribution in [0.5, 0.6) is 0 Å². The molecule has 2 saturated heterocycles. The molecule has 3 aromatic rings. The molecule has 1 aromatic carbocycles. The normalized spacial score (nSPS) is 26.4. The van der Waals surface area contributed by atoms with E-state index in [1.165, 1.54) is 5.56 Å². The van der Waals surface area contributed by atoms with Crippen molar-refractivity contribution in [1.82, 2.24) is 19.7 Å². The number of piperidine rings is 1. The number of aromatic nitrogens is 3. The van der Waals surface area contributed by atoms with Crippen LogP contribution >= 0.6 is 0 Å². The minimum atomic E-state index is -0.490. The highest BCUT2D eigenvalue weighted by Gasteiger charge is 2.45. The Morgan fingerprint density at radius 3 is 2.45 bits per heavy atom. The fourth-order valence-corrected chi connectivity index (χ4v) is 7.03. The summed E-state index contributed by atoms with van der Waals surface area (Å²) in [7, 11) is 0. The van der Waals surface area contributed by atoms with Gasteiger partial charge in [-0.15, -0.1) is 0 Å². The predicted octanol–water partition coefficient (Wildman–Crippen LogP) is 6.37. The molecule has 0 spiro atoms. The largest absolute Gasteiger partial charge is 0.444 e. The number of aromatic amines is 1. The van der Waals surface area contributed by atoms with Crippen LogP contribution in [0.1, 0.15) is 89.7 Å². The van der Waals surface area contributed by atoms with Crippen LogP contribution in [0, 0.1) is 17.2 Å². The summed E-state index contributed by atoms with van der Waals surface area (Å²) < 4.78 is 7.58. The summed E-state index contributed by atoms with van der Waals surface area (Å²) in [4.78, 5) is 30.5. The van der Waals surface area contributed by atoms with E-state index in [4.69, 9.17) is 9.84 Å². The van der Waals surface area contributed by atoms with Gasteiger partial charge in [-0.3, -0.25) is 9.48 Å². The average molecular weight is 543 g/mol. The maximum atomic E-state index is 12.9. The highest BCUT2D eigenvalue weighted by Crippen LogP contribution is 2.44. The number of anilines is 2. The first-order valence-corrected chi connectivity index (χ1v) is 14.6. The highest BCUT2D eigenvalue weighted by atomic mass is 16.6. The van der Waals surface area contributed by atoms with E-state index in [9.17, 15) is 14.9 Å². The van der Waals surface area contributed by atoms with Crippen molar-refractivity contribution in [3.05, 3.63) is 52.4 Å². The van der Waals surface area contributed by atoms with Crippen molar-refractivity contribution >= 4 is 28.5 Å². The van der Waals surface area contributed by atoms with Gasteiger partial charge in [0.15, 0.2) is 5.82 Å². The first-order chi connectivity index (χ1) is 19.2. The van der Waals surface area contributed by atoms with Gasteiger partial charge >= 0.3 is 6.09 Å². The first kappa shape index (κ1) is 26.4. The molecule has 4 heterocycles. The number of nitriles is 1. The predicted molar refractivity (Wildman–Crippen MR) is 154 cm³/mol. The molecule has 9 heteroatoms. The van der Waals surface area contributed by atoms with Gasteiger partial charge in [0.2, 0.25) is 0 Å². The second kappa shape index (κ2) is 10.3. The van der Waals surface area contributed by atoms with Crippen molar-refractivity contribution in [3.8, 4) is 6.07 Å². The first-order valence-electron chi connectivity index (χ1n) is 14.6. The molecule has 1 aliphatic carbocycles. The van der Waals surface area contributed by atoms with Crippen LogP contribution in [0.15, 0.2) is 41.3 Å². The molecule has 2 bridgehead atoms. The van der Waals surface area contributed by atoms with Gasteiger partial charge in [-0.2, -0.15) is 10.4 Å². The zero-order valence-corrected chi connectivity index (χ0v) is 23.5. The molecule has 2 unspecified atom stereocenters. The van der Waals surface area contributed by atoms with Gasteiger partial charge in [0.1, 0.15) is 11.0 Å². The zero-order chi connectivity index (χ0) is 28.0. The average Bonchev–Trinajstić information content (AvgIpc) is 3.42. The smallest absolute Gasteiger partial charge is 0.410 e. The number of carbonyl (C=O) groups is 1. The van der Waals surface area contributed by atoms with Gasteiger partial charge < -0.3 is 19.9 Å². The number of carbonyl (C=O) groups excluding carboxylic acids is 1. The third-order valence-electron chi connectivity index (χ3n) is 8.82. The maximum Gasteiger partial charge on any atom is 0.410 e. The van der Waals surface area contributed by atoms with E-state index in [-0.39, 0.29) is 35.7 Å². The molecule has 210 valence electrons. The van der Waals surface area contributed by atoms with Gasteiger partial charge in [-0.25, -0.2) is 4.79 Å². The van der Waals surface area contributed by atoms with E-state index in [1.807, 2.05) is 48.6 Å². The van der Waals surface area contributed by atoms with Crippen molar-refractivity contribution in [2.75, 3.05) is 5.32 Å². The Kier molecular flexibility index (Phi) is 6.81. The Bertz CT molecular complexity index is 1480. The summed E-state index contributed by atoms with van der Waals surface area (Å²) in [5, 5.41) is 18.5. The monoisotopic (exact) mass is 542 g/mol. The van der Waals surface area contributed by atoms with Crippen molar-refractivity contribution < 1.29 is 9.53 Å². The summed E-state index contributed by atoms with van der Waals surface area (Å²) >= 11 is 0. The zero-order valence-electron chi connectivity index (χ0n) is 23.5. The van der Waals surface area contributed by atoms with Gasteiger partial charge in [0, 0.05) is 24.0 Å². The maximum absolute atomic E-state index is 12.9. The Balaban J connectivity index is 1.20. The molecular formula is C31H38N6O3. The number of H-pyrrole nitrogens is 1. The lowest BCUT2D eigenvalue weighted by Crippen LogP contribution is -2.48. The quantitative estimate of drug-likeness (QED) is 0.396. The molecule has 6 rings (SSSR count). The minimum Gasteiger partial charge on any atom is -0.444 e. The second-order valence-corrected chi connectivity index (χ2v) is 12.6. The van der Waals surface area contributed by atoms with Crippen LogP contribution in [-0.4, -0.2) is 43.4 Å². The van der Waals surface area contributed by atoms with Crippen LogP contribution in [-0.2, 0) is 4.74 Å². The van der Waals surface area contributed by atoms with E-state index in [0.29, 0.717) is 17.1 Å². The van der Waals surface area contributed by atoms with Crippen LogP contribution in [0.4, 0.5) is 16.3 Å². The van der Waals surface area contributed by atoms with Crippen molar-refractivity contribution in [2.24, 2.45) is 5.92 Å². The molecule has 9 nitrogen and oxygen atoms in total. The summed E-state index contributed by atoms with van der Waals surface area (Å²) in [5.74, 6) is 0.790. The number of benzene rings is 1. The fraction of sp³-hybridized carbons (Fsp3) is 0.548. The number of nitrogens with one attached hydrogen (secondary N) is 2. The fourth-order valence-electron chi connectivity index (χ4n) is 7.03. The molecule has 4 atom stereocenters. The van der Waals surface area contributed by atoms with E-state index in [0.717, 1.165) is 62.6 Å². The number of hydrogen-bond donors (Lipinski definition) is 2. The number of fused-ring (bicyclic) bond motifs is 3. The van der Waals surface area contributed by atoms with E-state index < -0.39 is 5.60 Å². The number of hydrogen-bond acceptors (Lipinski definition) is 6. The number of rotatable bonds is 4. The summed E-state index contributed by atoms with van der Waals surface area (Å²) in [6, 6.07) is 13.1. The van der Waals surface area contributed by atoms with Crippen molar-refractivity contribution in [1.29, 1.82) is 5.26 Å². The standard InChI is InChI=1S/C31H38N6O3/c1-31(2,3)40-30(39)36-23-12-13-24(36)17-21(16-23)19-8-10-22(11-9-19)34-28-27-26(14-15-33-29(27)38)37(35-28)25-7-5-4-6-20(25)18-32/h8-11,14-15,20-21,23-25H,4-7,12-13,16-17H2,1-3H3,(H,33,38)(H,34,35)/t20-,21?,23?,24?,25+/m1/s1. The molecule has 2 N–H and O–H groups in total. The van der Waals surface area contributed by atoms with Gasteiger partial charge in [-0.05, 0) is 89.0 Å². The molecule has 2 aliphatic heterocycles. The molecule has 1 saturated carbocycles. The molecular weight excluding hydrogens is 504 g/mol. The number of ether oxygens (including phenoxy) is 1. The Hall–Kier alpha value is -3.80. The number of pyridine rings is 1. The van der Waals surface area contributed by atoms with Crippen LogP contribution in [0.2, 0.25) is 0 Å². The molecule has 3 fully saturated rings. The van der Waals surface area contributed by atoms with E-state index in [2.05, 4.69) is 28.5 Å². The van der Waals surface area contributed by atoms with Gasteiger partial charge in [0.25, 0.3) is 5.56 Å². The molecule has 1 amide bonds. The minimum absolute atomic E-state index is 0.0390. The lowest BCUT2D eigenvalue weighted by Gasteiger charge is -2.39.